The van der Waals surface area contributed by atoms with Gasteiger partial charge in [-0.3, -0.25) is 0 Å². The minimum Gasteiger partial charge on any atom is -0.394 e. The molecule has 3 N–H and O–H groups in total. The SMILES string of the molecule is CC(NC(C)(CO)CO)c1ccc(Br)cc1. The van der Waals surface area contributed by atoms with Crippen LogP contribution >= 0.6 is 15.9 Å². The van der Waals surface area contributed by atoms with Crippen molar-refractivity contribution in [1.29, 1.82) is 0 Å². The van der Waals surface area contributed by atoms with Crippen molar-refractivity contribution in [3.8, 4) is 0 Å². The molecular weight excluding hydrogens is 270 g/mol. The van der Waals surface area contributed by atoms with Crippen LogP contribution in [0.15, 0.2) is 28.7 Å². The van der Waals surface area contributed by atoms with E-state index in [0.29, 0.717) is 0 Å². The van der Waals surface area contributed by atoms with Gasteiger partial charge < -0.3 is 15.5 Å². The molecule has 0 aromatic heterocycles. The van der Waals surface area contributed by atoms with Gasteiger partial charge in [0.25, 0.3) is 0 Å². The Labute approximate surface area is 105 Å². The van der Waals surface area contributed by atoms with Crippen LogP contribution in [0.1, 0.15) is 25.5 Å². The van der Waals surface area contributed by atoms with Crippen LogP contribution in [0.4, 0.5) is 0 Å². The first kappa shape index (κ1) is 13.6. The number of aliphatic hydroxyl groups is 2. The average molecular weight is 288 g/mol. The van der Waals surface area contributed by atoms with Crippen LogP contribution in [-0.2, 0) is 0 Å². The lowest BCUT2D eigenvalue weighted by Gasteiger charge is -2.30. The van der Waals surface area contributed by atoms with Crippen LogP contribution in [-0.4, -0.2) is 29.0 Å². The first-order valence-corrected chi connectivity index (χ1v) is 6.05. The van der Waals surface area contributed by atoms with Gasteiger partial charge in [-0.1, -0.05) is 28.1 Å². The van der Waals surface area contributed by atoms with Gasteiger partial charge >= 0.3 is 0 Å². The zero-order chi connectivity index (χ0) is 12.2. The minimum absolute atomic E-state index is 0.0809. The zero-order valence-corrected chi connectivity index (χ0v) is 11.2. The average Bonchev–Trinajstić information content (AvgIpc) is 2.29. The molecule has 0 spiro atoms. The third kappa shape index (κ3) is 3.56. The number of halogens is 1. The first-order valence-electron chi connectivity index (χ1n) is 5.25. The molecule has 1 unspecified atom stereocenters. The fourth-order valence-electron chi connectivity index (χ4n) is 1.50. The summed E-state index contributed by atoms with van der Waals surface area (Å²) >= 11 is 3.38. The van der Waals surface area contributed by atoms with Gasteiger partial charge in [0.05, 0.1) is 18.8 Å². The Balaban J connectivity index is 2.71. The molecule has 1 rings (SSSR count). The molecule has 0 saturated heterocycles. The lowest BCUT2D eigenvalue weighted by molar-refractivity contribution is 0.0957. The van der Waals surface area contributed by atoms with Gasteiger partial charge in [0, 0.05) is 10.5 Å². The van der Waals surface area contributed by atoms with Gasteiger partial charge in [-0.15, -0.1) is 0 Å². The summed E-state index contributed by atoms with van der Waals surface area (Å²) < 4.78 is 1.04. The second-order valence-corrected chi connectivity index (χ2v) is 5.21. The van der Waals surface area contributed by atoms with E-state index in [2.05, 4.69) is 21.2 Å². The van der Waals surface area contributed by atoms with Crippen molar-refractivity contribution in [1.82, 2.24) is 5.32 Å². The number of rotatable bonds is 5. The van der Waals surface area contributed by atoms with Crippen LogP contribution < -0.4 is 5.32 Å². The molecule has 0 radical (unpaired) electrons. The zero-order valence-electron chi connectivity index (χ0n) is 9.57. The Hall–Kier alpha value is -0.420. The number of hydrogen-bond donors (Lipinski definition) is 3. The molecule has 0 aliphatic heterocycles. The lowest BCUT2D eigenvalue weighted by atomic mass is 10.0. The highest BCUT2D eigenvalue weighted by Crippen LogP contribution is 2.18. The summed E-state index contributed by atoms with van der Waals surface area (Å²) in [7, 11) is 0. The predicted octanol–water partition coefficient (Wildman–Crippen LogP) is 1.84. The molecular formula is C12H18BrNO2. The second kappa shape index (κ2) is 5.77. The molecule has 4 heteroatoms. The van der Waals surface area contributed by atoms with E-state index in [4.69, 9.17) is 0 Å². The van der Waals surface area contributed by atoms with Crippen LogP contribution in [0, 0.1) is 0 Å². The maximum absolute atomic E-state index is 9.20. The van der Waals surface area contributed by atoms with E-state index in [0.717, 1.165) is 10.0 Å². The monoisotopic (exact) mass is 287 g/mol. The van der Waals surface area contributed by atoms with Crippen molar-refractivity contribution in [2.45, 2.75) is 25.4 Å². The number of hydrogen-bond acceptors (Lipinski definition) is 3. The van der Waals surface area contributed by atoms with E-state index in [1.165, 1.54) is 0 Å². The van der Waals surface area contributed by atoms with Gasteiger partial charge in [0.15, 0.2) is 0 Å². The summed E-state index contributed by atoms with van der Waals surface area (Å²) in [6, 6.07) is 8.05. The van der Waals surface area contributed by atoms with Gasteiger partial charge in [0.2, 0.25) is 0 Å². The molecule has 0 aliphatic carbocycles. The van der Waals surface area contributed by atoms with Crippen LogP contribution in [0.2, 0.25) is 0 Å². The Morgan fingerprint density at radius 1 is 1.25 bits per heavy atom. The predicted molar refractivity (Wildman–Crippen MR) is 68.3 cm³/mol. The fraction of sp³-hybridized carbons (Fsp3) is 0.500. The topological polar surface area (TPSA) is 52.5 Å². The smallest absolute Gasteiger partial charge is 0.0633 e. The highest BCUT2D eigenvalue weighted by molar-refractivity contribution is 9.10. The Morgan fingerprint density at radius 2 is 1.75 bits per heavy atom. The van der Waals surface area contributed by atoms with Gasteiger partial charge in [-0.25, -0.2) is 0 Å². The molecule has 1 aromatic rings. The summed E-state index contributed by atoms with van der Waals surface area (Å²) in [4.78, 5) is 0. The summed E-state index contributed by atoms with van der Waals surface area (Å²) in [6.45, 7) is 3.61. The molecule has 1 aromatic carbocycles. The van der Waals surface area contributed by atoms with Crippen LogP contribution in [0.5, 0.6) is 0 Å². The van der Waals surface area contributed by atoms with Crippen LogP contribution in [0.3, 0.4) is 0 Å². The van der Waals surface area contributed by atoms with Gasteiger partial charge in [0.1, 0.15) is 0 Å². The Morgan fingerprint density at radius 3 is 2.19 bits per heavy atom. The van der Waals surface area contributed by atoms with E-state index in [9.17, 15) is 10.2 Å². The minimum atomic E-state index is -0.646. The summed E-state index contributed by atoms with van der Waals surface area (Å²) in [5.41, 5.74) is 0.475. The third-order valence-electron chi connectivity index (χ3n) is 2.63. The molecule has 0 heterocycles. The first-order chi connectivity index (χ1) is 7.50. The fourth-order valence-corrected chi connectivity index (χ4v) is 1.76. The number of aliphatic hydroxyl groups excluding tert-OH is 2. The van der Waals surface area contributed by atoms with E-state index in [1.54, 1.807) is 6.92 Å². The molecule has 0 bridgehead atoms. The highest BCUT2D eigenvalue weighted by atomic mass is 79.9. The van der Waals surface area contributed by atoms with Crippen molar-refractivity contribution >= 4 is 15.9 Å². The molecule has 90 valence electrons. The van der Waals surface area contributed by atoms with Crippen molar-refractivity contribution < 1.29 is 10.2 Å². The molecule has 0 saturated carbocycles. The maximum Gasteiger partial charge on any atom is 0.0633 e. The van der Waals surface area contributed by atoms with Crippen molar-refractivity contribution in [3.05, 3.63) is 34.3 Å². The van der Waals surface area contributed by atoms with Crippen molar-refractivity contribution in [2.75, 3.05) is 13.2 Å². The molecule has 0 aliphatic rings. The molecule has 0 fully saturated rings. The van der Waals surface area contributed by atoms with Crippen molar-refractivity contribution in [3.63, 3.8) is 0 Å². The summed E-state index contributed by atoms with van der Waals surface area (Å²) in [6.07, 6.45) is 0. The summed E-state index contributed by atoms with van der Waals surface area (Å²) in [5, 5.41) is 21.6. The van der Waals surface area contributed by atoms with Crippen molar-refractivity contribution in [2.24, 2.45) is 0 Å². The quantitative estimate of drug-likeness (QED) is 0.775. The number of nitrogens with one attached hydrogen (secondary N) is 1. The maximum atomic E-state index is 9.20. The Kier molecular flexibility index (Phi) is 4.92. The molecule has 1 atom stereocenters. The molecule has 0 amide bonds. The van der Waals surface area contributed by atoms with Gasteiger partial charge in [-0.05, 0) is 31.5 Å². The number of benzene rings is 1. The van der Waals surface area contributed by atoms with E-state index >= 15 is 0 Å². The largest absolute Gasteiger partial charge is 0.394 e. The highest BCUT2D eigenvalue weighted by Gasteiger charge is 2.24. The van der Waals surface area contributed by atoms with E-state index in [-0.39, 0.29) is 19.3 Å². The third-order valence-corrected chi connectivity index (χ3v) is 3.16. The van der Waals surface area contributed by atoms with E-state index < -0.39 is 5.54 Å². The molecule has 16 heavy (non-hydrogen) atoms. The van der Waals surface area contributed by atoms with E-state index in [1.807, 2.05) is 31.2 Å². The van der Waals surface area contributed by atoms with Crippen LogP contribution in [0.25, 0.3) is 0 Å². The normalized spacial score (nSPS) is 13.8. The molecule has 3 nitrogen and oxygen atoms in total. The second-order valence-electron chi connectivity index (χ2n) is 4.29. The standard InChI is InChI=1S/C12H18BrNO2/c1-9(14-12(2,7-15)8-16)10-3-5-11(13)6-4-10/h3-6,9,14-16H,7-8H2,1-2H3. The summed E-state index contributed by atoms with van der Waals surface area (Å²) in [5.74, 6) is 0. The van der Waals surface area contributed by atoms with Gasteiger partial charge in [-0.2, -0.15) is 0 Å². The lowest BCUT2D eigenvalue weighted by Crippen LogP contribution is -2.49. The Bertz CT molecular complexity index is 322.